The maximum Gasteiger partial charge on any atom is 0.228 e. The van der Waals surface area contributed by atoms with Crippen LogP contribution in [0, 0.1) is 0 Å². The Labute approximate surface area is 109 Å². The fourth-order valence-corrected chi connectivity index (χ4v) is 2.21. The highest BCUT2D eigenvalue weighted by atomic mass is 16.3. The van der Waals surface area contributed by atoms with Gasteiger partial charge in [-0.25, -0.2) is 4.98 Å². The molecule has 3 nitrogen and oxygen atoms in total. The second-order valence-corrected chi connectivity index (χ2v) is 4.41. The molecule has 4 rings (SSSR count). The summed E-state index contributed by atoms with van der Waals surface area (Å²) in [7, 11) is 0. The molecule has 0 aliphatic carbocycles. The first-order valence-electron chi connectivity index (χ1n) is 6.11. The van der Waals surface area contributed by atoms with E-state index in [1.54, 1.807) is 6.20 Å². The molecule has 4 aromatic rings. The van der Waals surface area contributed by atoms with Crippen LogP contribution in [0.25, 0.3) is 33.5 Å². The van der Waals surface area contributed by atoms with E-state index in [1.165, 1.54) is 10.8 Å². The third-order valence-electron chi connectivity index (χ3n) is 3.16. The van der Waals surface area contributed by atoms with Crippen LogP contribution in [0.1, 0.15) is 0 Å². The average molecular weight is 246 g/mol. The van der Waals surface area contributed by atoms with Crippen LogP contribution in [0.4, 0.5) is 0 Å². The standard InChI is InChI=1S/C16H10N2O/c1-2-5-12-10-13(8-7-11(12)4-1)16-18-15-14(19-16)6-3-9-17-15/h1-10H. The minimum atomic E-state index is 0.611. The second-order valence-electron chi connectivity index (χ2n) is 4.41. The Kier molecular flexibility index (Phi) is 2.12. The molecule has 0 amide bonds. The molecule has 2 aromatic heterocycles. The molecule has 0 spiro atoms. The zero-order valence-corrected chi connectivity index (χ0v) is 10.1. The molecule has 0 unspecified atom stereocenters. The molecule has 0 N–H and O–H groups in total. The van der Waals surface area contributed by atoms with Gasteiger partial charge in [-0.05, 0) is 35.0 Å². The normalized spacial score (nSPS) is 11.2. The van der Waals surface area contributed by atoms with E-state index in [-0.39, 0.29) is 0 Å². The van der Waals surface area contributed by atoms with Crippen LogP contribution < -0.4 is 0 Å². The lowest BCUT2D eigenvalue weighted by Gasteiger charge is -1.99. The van der Waals surface area contributed by atoms with Crippen molar-refractivity contribution < 1.29 is 4.42 Å². The summed E-state index contributed by atoms with van der Waals surface area (Å²) in [5.74, 6) is 0.611. The second kappa shape index (κ2) is 3.92. The van der Waals surface area contributed by atoms with Crippen LogP contribution in [0.5, 0.6) is 0 Å². The fraction of sp³-hybridized carbons (Fsp3) is 0. The summed E-state index contributed by atoms with van der Waals surface area (Å²) in [6.07, 6.45) is 1.72. The molecule has 0 bridgehead atoms. The number of fused-ring (bicyclic) bond motifs is 2. The first-order valence-corrected chi connectivity index (χ1v) is 6.11. The van der Waals surface area contributed by atoms with Gasteiger partial charge in [-0.2, -0.15) is 4.98 Å². The number of hydrogen-bond donors (Lipinski definition) is 0. The highest BCUT2D eigenvalue weighted by Gasteiger charge is 2.08. The number of oxazole rings is 1. The van der Waals surface area contributed by atoms with E-state index in [1.807, 2.05) is 30.3 Å². The van der Waals surface area contributed by atoms with Crippen molar-refractivity contribution in [1.29, 1.82) is 0 Å². The highest BCUT2D eigenvalue weighted by molar-refractivity contribution is 5.86. The molecular formula is C16H10N2O. The van der Waals surface area contributed by atoms with Gasteiger partial charge in [-0.3, -0.25) is 0 Å². The maximum atomic E-state index is 5.73. The van der Waals surface area contributed by atoms with E-state index in [0.29, 0.717) is 17.1 Å². The van der Waals surface area contributed by atoms with E-state index in [2.05, 4.69) is 34.2 Å². The monoisotopic (exact) mass is 246 g/mol. The van der Waals surface area contributed by atoms with Crippen molar-refractivity contribution in [1.82, 2.24) is 9.97 Å². The van der Waals surface area contributed by atoms with Crippen molar-refractivity contribution in [2.75, 3.05) is 0 Å². The number of pyridine rings is 1. The van der Waals surface area contributed by atoms with Gasteiger partial charge in [0.05, 0.1) is 0 Å². The molecule has 90 valence electrons. The summed E-state index contributed by atoms with van der Waals surface area (Å²) in [6, 6.07) is 18.1. The minimum Gasteiger partial charge on any atom is -0.434 e. The van der Waals surface area contributed by atoms with Crippen LogP contribution in [0.15, 0.2) is 65.2 Å². The molecule has 2 heterocycles. The molecule has 2 aromatic carbocycles. The van der Waals surface area contributed by atoms with E-state index in [9.17, 15) is 0 Å². The Morgan fingerprint density at radius 1 is 0.842 bits per heavy atom. The van der Waals surface area contributed by atoms with Crippen molar-refractivity contribution in [3.05, 3.63) is 60.8 Å². The molecule has 0 saturated carbocycles. The molecule has 3 heteroatoms. The average Bonchev–Trinajstić information content (AvgIpc) is 2.90. The van der Waals surface area contributed by atoms with Gasteiger partial charge in [0.25, 0.3) is 0 Å². The first-order chi connectivity index (χ1) is 9.40. The molecule has 0 fully saturated rings. The van der Waals surface area contributed by atoms with Crippen molar-refractivity contribution in [3.63, 3.8) is 0 Å². The summed E-state index contributed by atoms with van der Waals surface area (Å²) in [5.41, 5.74) is 2.33. The first kappa shape index (κ1) is 10.3. The molecule has 0 aliphatic heterocycles. The number of aromatic nitrogens is 2. The molecule has 0 radical (unpaired) electrons. The lowest BCUT2D eigenvalue weighted by molar-refractivity contribution is 0.620. The van der Waals surface area contributed by atoms with E-state index in [0.717, 1.165) is 5.56 Å². The van der Waals surface area contributed by atoms with Gasteiger partial charge in [-0.1, -0.05) is 30.3 Å². The molecule has 0 saturated heterocycles. The Hall–Kier alpha value is -2.68. The van der Waals surface area contributed by atoms with Crippen molar-refractivity contribution >= 4 is 22.0 Å². The maximum absolute atomic E-state index is 5.73. The van der Waals surface area contributed by atoms with Gasteiger partial charge in [0, 0.05) is 11.8 Å². The van der Waals surface area contributed by atoms with Gasteiger partial charge in [-0.15, -0.1) is 0 Å². The van der Waals surface area contributed by atoms with E-state index < -0.39 is 0 Å². The summed E-state index contributed by atoms with van der Waals surface area (Å²) < 4.78 is 5.73. The van der Waals surface area contributed by atoms with Crippen LogP contribution >= 0.6 is 0 Å². The zero-order valence-electron chi connectivity index (χ0n) is 10.1. The van der Waals surface area contributed by atoms with Gasteiger partial charge in [0.2, 0.25) is 5.89 Å². The van der Waals surface area contributed by atoms with Crippen molar-refractivity contribution in [2.24, 2.45) is 0 Å². The summed E-state index contributed by atoms with van der Waals surface area (Å²) in [6.45, 7) is 0. The predicted molar refractivity (Wildman–Crippen MR) is 74.7 cm³/mol. The van der Waals surface area contributed by atoms with Gasteiger partial charge in [0.1, 0.15) is 0 Å². The Morgan fingerprint density at radius 3 is 2.63 bits per heavy atom. The quantitative estimate of drug-likeness (QED) is 0.508. The number of nitrogens with zero attached hydrogens (tertiary/aromatic N) is 2. The highest BCUT2D eigenvalue weighted by Crippen LogP contribution is 2.26. The lowest BCUT2D eigenvalue weighted by Crippen LogP contribution is -1.79. The topological polar surface area (TPSA) is 38.9 Å². The SMILES string of the molecule is c1ccc2cc(-c3nc4ncccc4o3)ccc2c1. The van der Waals surface area contributed by atoms with Gasteiger partial charge in [0.15, 0.2) is 11.2 Å². The zero-order chi connectivity index (χ0) is 12.7. The van der Waals surface area contributed by atoms with Gasteiger partial charge < -0.3 is 4.42 Å². The lowest BCUT2D eigenvalue weighted by atomic mass is 10.1. The molecule has 0 aliphatic rings. The third-order valence-corrected chi connectivity index (χ3v) is 3.16. The Morgan fingerprint density at radius 2 is 1.74 bits per heavy atom. The predicted octanol–water partition coefficient (Wildman–Crippen LogP) is 4.04. The summed E-state index contributed by atoms with van der Waals surface area (Å²) in [5, 5.41) is 2.38. The number of benzene rings is 2. The molecule has 19 heavy (non-hydrogen) atoms. The van der Waals surface area contributed by atoms with Crippen LogP contribution in [-0.4, -0.2) is 9.97 Å². The van der Waals surface area contributed by atoms with Crippen LogP contribution in [0.3, 0.4) is 0 Å². The smallest absolute Gasteiger partial charge is 0.228 e. The van der Waals surface area contributed by atoms with E-state index >= 15 is 0 Å². The van der Waals surface area contributed by atoms with Crippen LogP contribution in [0.2, 0.25) is 0 Å². The van der Waals surface area contributed by atoms with Crippen molar-refractivity contribution in [3.8, 4) is 11.5 Å². The van der Waals surface area contributed by atoms with Gasteiger partial charge >= 0.3 is 0 Å². The van der Waals surface area contributed by atoms with Crippen molar-refractivity contribution in [2.45, 2.75) is 0 Å². The molecular weight excluding hydrogens is 236 g/mol. The number of hydrogen-bond acceptors (Lipinski definition) is 3. The Bertz CT molecular complexity index is 847. The summed E-state index contributed by atoms with van der Waals surface area (Å²) in [4.78, 5) is 8.60. The third kappa shape index (κ3) is 1.67. The fourth-order valence-electron chi connectivity index (χ4n) is 2.21. The summed E-state index contributed by atoms with van der Waals surface area (Å²) >= 11 is 0. The minimum absolute atomic E-state index is 0.611. The van der Waals surface area contributed by atoms with Crippen LogP contribution in [-0.2, 0) is 0 Å². The largest absolute Gasteiger partial charge is 0.434 e. The Balaban J connectivity index is 1.93. The molecule has 0 atom stereocenters. The number of rotatable bonds is 1. The van der Waals surface area contributed by atoms with E-state index in [4.69, 9.17) is 4.42 Å².